The minimum atomic E-state index is -1.05. The summed E-state index contributed by atoms with van der Waals surface area (Å²) in [4.78, 5) is 26.8. The topological polar surface area (TPSA) is 91.8 Å². The number of nitrogens with zero attached hydrogens (tertiary/aromatic N) is 3. The first-order chi connectivity index (χ1) is 8.65. The summed E-state index contributed by atoms with van der Waals surface area (Å²) in [5.41, 5.74) is 1.40. The van der Waals surface area contributed by atoms with Gasteiger partial charge in [-0.2, -0.15) is 0 Å². The van der Waals surface area contributed by atoms with Gasteiger partial charge in [-0.15, -0.1) is 11.3 Å². The molecule has 3 aromatic rings. The zero-order chi connectivity index (χ0) is 12.7. The summed E-state index contributed by atoms with van der Waals surface area (Å²) in [6, 6.07) is 0. The van der Waals surface area contributed by atoms with Gasteiger partial charge in [0, 0.05) is 12.4 Å². The number of fused-ring (bicyclic) bond motifs is 1. The standard InChI is InChI=1S/C10H5ClN4O2S/c11-10-14-3-6(18-10)5-2-13-8-7(15-5)4(1-12-8)9(16)17/h1-3H,(H,12,13)(H,16,17). The fraction of sp³-hybridized carbons (Fsp3) is 0. The molecule has 0 aliphatic rings. The lowest BCUT2D eigenvalue weighted by Gasteiger charge is -1.96. The number of carbonyl (C=O) groups is 1. The number of aromatic nitrogens is 4. The highest BCUT2D eigenvalue weighted by atomic mass is 35.5. The number of hydrogen-bond acceptors (Lipinski definition) is 5. The van der Waals surface area contributed by atoms with Crippen LogP contribution in [0.2, 0.25) is 4.47 Å². The highest BCUT2D eigenvalue weighted by Gasteiger charge is 2.14. The second kappa shape index (κ2) is 4.04. The van der Waals surface area contributed by atoms with Crippen LogP contribution in [0.15, 0.2) is 18.6 Å². The van der Waals surface area contributed by atoms with Crippen molar-refractivity contribution < 1.29 is 9.90 Å². The molecule has 0 amide bonds. The molecule has 0 aliphatic heterocycles. The molecule has 0 saturated carbocycles. The molecule has 90 valence electrons. The van der Waals surface area contributed by atoms with Crippen molar-refractivity contribution in [3.8, 4) is 10.6 Å². The Morgan fingerprint density at radius 2 is 2.22 bits per heavy atom. The van der Waals surface area contributed by atoms with Crippen LogP contribution in [0.3, 0.4) is 0 Å². The van der Waals surface area contributed by atoms with Gasteiger partial charge < -0.3 is 10.1 Å². The molecule has 2 N–H and O–H groups in total. The molecule has 6 nitrogen and oxygen atoms in total. The molecular weight excluding hydrogens is 276 g/mol. The van der Waals surface area contributed by atoms with E-state index in [1.54, 1.807) is 12.4 Å². The highest BCUT2D eigenvalue weighted by molar-refractivity contribution is 7.18. The van der Waals surface area contributed by atoms with Crippen molar-refractivity contribution in [1.82, 2.24) is 19.9 Å². The Morgan fingerprint density at radius 1 is 1.39 bits per heavy atom. The van der Waals surface area contributed by atoms with Gasteiger partial charge in [0.05, 0.1) is 11.1 Å². The number of hydrogen-bond donors (Lipinski definition) is 2. The minimum Gasteiger partial charge on any atom is -0.478 e. The van der Waals surface area contributed by atoms with Crippen molar-refractivity contribution in [1.29, 1.82) is 0 Å². The lowest BCUT2D eigenvalue weighted by molar-refractivity contribution is 0.0699. The van der Waals surface area contributed by atoms with Crippen molar-refractivity contribution in [2.45, 2.75) is 0 Å². The van der Waals surface area contributed by atoms with E-state index < -0.39 is 5.97 Å². The molecule has 0 unspecified atom stereocenters. The molecular formula is C10H5ClN4O2S. The summed E-state index contributed by atoms with van der Waals surface area (Å²) in [6.45, 7) is 0. The fourth-order valence-corrected chi connectivity index (χ4v) is 2.44. The Bertz CT molecular complexity index is 751. The van der Waals surface area contributed by atoms with Gasteiger partial charge in [-0.05, 0) is 0 Å². The van der Waals surface area contributed by atoms with Gasteiger partial charge >= 0.3 is 5.97 Å². The Kier molecular flexibility index (Phi) is 2.49. The third-order valence-corrected chi connectivity index (χ3v) is 3.48. The van der Waals surface area contributed by atoms with Crippen LogP contribution >= 0.6 is 22.9 Å². The number of halogens is 1. The second-order valence-electron chi connectivity index (χ2n) is 3.44. The summed E-state index contributed by atoms with van der Waals surface area (Å²) >= 11 is 7.01. The largest absolute Gasteiger partial charge is 0.478 e. The van der Waals surface area contributed by atoms with E-state index in [1.165, 1.54) is 17.5 Å². The summed E-state index contributed by atoms with van der Waals surface area (Å²) in [6.07, 6.45) is 4.50. The first kappa shape index (κ1) is 11.1. The van der Waals surface area contributed by atoms with Crippen molar-refractivity contribution in [3.63, 3.8) is 0 Å². The van der Waals surface area contributed by atoms with Crippen molar-refractivity contribution >= 4 is 40.1 Å². The van der Waals surface area contributed by atoms with Gasteiger partial charge in [0.25, 0.3) is 0 Å². The average Bonchev–Trinajstić information content (AvgIpc) is 2.93. The van der Waals surface area contributed by atoms with Crippen LogP contribution < -0.4 is 0 Å². The maximum absolute atomic E-state index is 11.0. The number of aromatic amines is 1. The lowest BCUT2D eigenvalue weighted by Crippen LogP contribution is -1.96. The minimum absolute atomic E-state index is 0.0926. The zero-order valence-electron chi connectivity index (χ0n) is 8.72. The number of carboxylic acid groups (broad SMARTS) is 1. The molecule has 0 aromatic carbocycles. The van der Waals surface area contributed by atoms with Crippen molar-refractivity contribution in [2.24, 2.45) is 0 Å². The van der Waals surface area contributed by atoms with E-state index in [9.17, 15) is 4.79 Å². The van der Waals surface area contributed by atoms with Crippen LogP contribution in [0.25, 0.3) is 21.7 Å². The van der Waals surface area contributed by atoms with Gasteiger partial charge in [-0.25, -0.2) is 19.7 Å². The summed E-state index contributed by atoms with van der Waals surface area (Å²) < 4.78 is 0.402. The maximum atomic E-state index is 11.0. The Labute approximate surface area is 109 Å². The summed E-state index contributed by atoms with van der Waals surface area (Å²) in [7, 11) is 0. The molecule has 0 aliphatic carbocycles. The molecule has 18 heavy (non-hydrogen) atoms. The van der Waals surface area contributed by atoms with Gasteiger partial charge in [0.15, 0.2) is 10.1 Å². The molecule has 3 heterocycles. The van der Waals surface area contributed by atoms with Gasteiger partial charge in [-0.3, -0.25) is 0 Å². The summed E-state index contributed by atoms with van der Waals surface area (Å²) in [5.74, 6) is -1.05. The van der Waals surface area contributed by atoms with E-state index >= 15 is 0 Å². The molecule has 0 atom stereocenters. The number of H-pyrrole nitrogens is 1. The van der Waals surface area contributed by atoms with E-state index in [1.807, 2.05) is 0 Å². The Hall–Kier alpha value is -1.99. The van der Waals surface area contributed by atoms with Gasteiger partial charge in [-0.1, -0.05) is 11.6 Å². The first-order valence-electron chi connectivity index (χ1n) is 4.84. The van der Waals surface area contributed by atoms with Crippen LogP contribution in [0, 0.1) is 0 Å². The number of aromatic carboxylic acids is 1. The third-order valence-electron chi connectivity index (χ3n) is 2.34. The normalized spacial score (nSPS) is 10.9. The van der Waals surface area contributed by atoms with E-state index in [0.717, 1.165) is 4.88 Å². The van der Waals surface area contributed by atoms with Crippen LogP contribution in [-0.4, -0.2) is 31.0 Å². The van der Waals surface area contributed by atoms with Crippen molar-refractivity contribution in [3.05, 3.63) is 28.6 Å². The van der Waals surface area contributed by atoms with E-state index in [0.29, 0.717) is 21.3 Å². The first-order valence-corrected chi connectivity index (χ1v) is 6.03. The molecule has 3 rings (SSSR count). The number of nitrogens with one attached hydrogen (secondary N) is 1. The smallest absolute Gasteiger partial charge is 0.339 e. The predicted molar refractivity (Wildman–Crippen MR) is 67.0 cm³/mol. The molecule has 0 spiro atoms. The van der Waals surface area contributed by atoms with Crippen LogP contribution in [-0.2, 0) is 0 Å². The molecule has 8 heteroatoms. The number of rotatable bonds is 2. The van der Waals surface area contributed by atoms with Crippen LogP contribution in [0.4, 0.5) is 0 Å². The van der Waals surface area contributed by atoms with Crippen molar-refractivity contribution in [2.75, 3.05) is 0 Å². The predicted octanol–water partition coefficient (Wildman–Crippen LogP) is 2.43. The zero-order valence-corrected chi connectivity index (χ0v) is 10.3. The number of thiazole rings is 1. The lowest BCUT2D eigenvalue weighted by atomic mass is 10.3. The maximum Gasteiger partial charge on any atom is 0.339 e. The Morgan fingerprint density at radius 3 is 2.89 bits per heavy atom. The number of carboxylic acids is 1. The monoisotopic (exact) mass is 280 g/mol. The Balaban J connectivity index is 2.20. The average molecular weight is 281 g/mol. The van der Waals surface area contributed by atoms with Crippen LogP contribution in [0.1, 0.15) is 10.4 Å². The molecule has 0 saturated heterocycles. The quantitative estimate of drug-likeness (QED) is 0.752. The molecule has 0 bridgehead atoms. The van der Waals surface area contributed by atoms with Gasteiger partial charge in [0.1, 0.15) is 16.8 Å². The van der Waals surface area contributed by atoms with Crippen LogP contribution in [0.5, 0.6) is 0 Å². The fourth-order valence-electron chi connectivity index (χ4n) is 1.54. The van der Waals surface area contributed by atoms with Gasteiger partial charge in [0.2, 0.25) is 0 Å². The SMILES string of the molecule is O=C(O)c1c[nH]c2ncc(-c3cnc(Cl)s3)nc12. The molecule has 0 fully saturated rings. The molecule has 3 aromatic heterocycles. The second-order valence-corrected chi connectivity index (χ2v) is 5.05. The van der Waals surface area contributed by atoms with E-state index in [4.69, 9.17) is 16.7 Å². The van der Waals surface area contributed by atoms with E-state index in [-0.39, 0.29) is 5.56 Å². The summed E-state index contributed by atoms with van der Waals surface area (Å²) in [5, 5.41) is 9.02. The molecule has 0 radical (unpaired) electrons. The van der Waals surface area contributed by atoms with E-state index in [2.05, 4.69) is 19.9 Å². The highest BCUT2D eigenvalue weighted by Crippen LogP contribution is 2.28. The third kappa shape index (κ3) is 1.73.